The molecular formula is C4H3N5O2. The second-order valence-electron chi connectivity index (χ2n) is 1.63. The minimum Gasteiger partial charge on any atom is -0.477 e. The van der Waals surface area contributed by atoms with Gasteiger partial charge >= 0.3 is 5.97 Å². The normalized spacial score (nSPS) is 8.73. The lowest BCUT2D eigenvalue weighted by Crippen LogP contribution is -1.92. The fourth-order valence-electron chi connectivity index (χ4n) is 0.513. The summed E-state index contributed by atoms with van der Waals surface area (Å²) >= 11 is 0. The Morgan fingerprint density at radius 1 is 1.91 bits per heavy atom. The standard InChI is InChI=1S/C4H3N5O2/c5-7-8-9-2-3(1-6-9)4(10)11/h1-2H,(H,10,11). The Morgan fingerprint density at radius 3 is 3.09 bits per heavy atom. The van der Waals surface area contributed by atoms with Gasteiger partial charge in [-0.05, 0) is 0 Å². The van der Waals surface area contributed by atoms with Crippen LogP contribution in [0.4, 0.5) is 0 Å². The summed E-state index contributed by atoms with van der Waals surface area (Å²) in [5, 5.41) is 14.9. The van der Waals surface area contributed by atoms with Gasteiger partial charge in [0.05, 0.1) is 6.20 Å². The van der Waals surface area contributed by atoms with Crippen LogP contribution in [0.1, 0.15) is 10.4 Å². The van der Waals surface area contributed by atoms with Crippen molar-refractivity contribution in [2.24, 2.45) is 5.22 Å². The summed E-state index contributed by atoms with van der Waals surface area (Å²) in [5.74, 6) is -1.11. The minimum absolute atomic E-state index is 0.0163. The highest BCUT2D eigenvalue weighted by Gasteiger charge is 2.07. The van der Waals surface area contributed by atoms with Gasteiger partial charge < -0.3 is 5.11 Å². The molecule has 0 aromatic carbocycles. The number of carboxylic acids is 1. The largest absolute Gasteiger partial charge is 0.477 e. The molecule has 1 aromatic heterocycles. The molecule has 1 N–H and O–H groups in total. The van der Waals surface area contributed by atoms with E-state index in [1.54, 1.807) is 0 Å². The third-order valence-electron chi connectivity index (χ3n) is 0.948. The molecule has 0 aliphatic carbocycles. The zero-order valence-electron chi connectivity index (χ0n) is 5.25. The van der Waals surface area contributed by atoms with Crippen LogP contribution in [0.2, 0.25) is 0 Å². The molecule has 1 rings (SSSR count). The van der Waals surface area contributed by atoms with Gasteiger partial charge in [-0.25, -0.2) is 4.79 Å². The summed E-state index contributed by atoms with van der Waals surface area (Å²) < 4.78 is 0. The number of aromatic carboxylic acids is 1. The quantitative estimate of drug-likeness (QED) is 0.383. The molecule has 1 aromatic rings. The zero-order valence-corrected chi connectivity index (χ0v) is 5.25. The van der Waals surface area contributed by atoms with E-state index in [1.165, 1.54) is 0 Å². The van der Waals surface area contributed by atoms with Gasteiger partial charge in [-0.3, -0.25) is 0 Å². The average Bonchev–Trinajstić information content (AvgIpc) is 2.37. The number of hydrogen-bond donors (Lipinski definition) is 1. The van der Waals surface area contributed by atoms with Crippen molar-refractivity contribution in [3.05, 3.63) is 28.4 Å². The van der Waals surface area contributed by atoms with Gasteiger partial charge in [-0.15, -0.1) is 5.53 Å². The third-order valence-corrected chi connectivity index (χ3v) is 0.948. The summed E-state index contributed by atoms with van der Waals surface area (Å²) in [6.45, 7) is 0. The highest BCUT2D eigenvalue weighted by Crippen LogP contribution is 1.96. The van der Waals surface area contributed by atoms with Gasteiger partial charge in [-0.1, -0.05) is 9.89 Å². The lowest BCUT2D eigenvalue weighted by molar-refractivity contribution is 0.0697. The van der Waals surface area contributed by atoms with E-state index in [0.29, 0.717) is 0 Å². The van der Waals surface area contributed by atoms with E-state index in [4.69, 9.17) is 10.6 Å². The van der Waals surface area contributed by atoms with Gasteiger partial charge in [0.1, 0.15) is 11.8 Å². The van der Waals surface area contributed by atoms with Crippen molar-refractivity contribution in [2.75, 3.05) is 0 Å². The van der Waals surface area contributed by atoms with Crippen LogP contribution >= 0.6 is 0 Å². The molecule has 11 heavy (non-hydrogen) atoms. The van der Waals surface area contributed by atoms with Gasteiger partial charge in [0.2, 0.25) is 0 Å². The number of carbonyl (C=O) groups is 1. The molecule has 1 heterocycles. The molecule has 0 saturated heterocycles. The van der Waals surface area contributed by atoms with E-state index in [9.17, 15) is 4.79 Å². The van der Waals surface area contributed by atoms with Gasteiger partial charge in [0.25, 0.3) is 0 Å². The third kappa shape index (κ3) is 1.46. The SMILES string of the molecule is [N-]=[N+]=Nn1cc(C(=O)O)cn1. The molecule has 0 fully saturated rings. The molecule has 0 aliphatic rings. The maximum atomic E-state index is 10.2. The van der Waals surface area contributed by atoms with Gasteiger partial charge in [0.15, 0.2) is 0 Å². The summed E-state index contributed by atoms with van der Waals surface area (Å²) in [7, 11) is 0. The van der Waals surface area contributed by atoms with E-state index in [0.717, 1.165) is 17.2 Å². The monoisotopic (exact) mass is 153 g/mol. The molecular weight excluding hydrogens is 150 g/mol. The lowest BCUT2D eigenvalue weighted by Gasteiger charge is -1.78. The van der Waals surface area contributed by atoms with E-state index in [2.05, 4.69) is 15.2 Å². The van der Waals surface area contributed by atoms with E-state index < -0.39 is 5.97 Å². The van der Waals surface area contributed by atoms with E-state index in [1.807, 2.05) is 0 Å². The Balaban J connectivity index is 2.99. The zero-order chi connectivity index (χ0) is 8.27. The summed E-state index contributed by atoms with van der Waals surface area (Å²) in [4.78, 5) is 13.5. The molecule has 7 nitrogen and oxygen atoms in total. The highest BCUT2D eigenvalue weighted by atomic mass is 16.4. The maximum Gasteiger partial charge on any atom is 0.341 e. The first-order valence-corrected chi connectivity index (χ1v) is 2.57. The molecule has 0 unspecified atom stereocenters. The maximum absolute atomic E-state index is 10.2. The van der Waals surface area contributed by atoms with Crippen molar-refractivity contribution in [3.8, 4) is 0 Å². The van der Waals surface area contributed by atoms with Crippen molar-refractivity contribution < 1.29 is 9.90 Å². The topological polar surface area (TPSA) is 104 Å². The van der Waals surface area contributed by atoms with E-state index in [-0.39, 0.29) is 5.56 Å². The second kappa shape index (κ2) is 2.72. The molecule has 0 bridgehead atoms. The molecule has 0 aliphatic heterocycles. The molecule has 0 amide bonds. The first kappa shape index (κ1) is 7.10. The van der Waals surface area contributed by atoms with Crippen LogP contribution in [0.3, 0.4) is 0 Å². The van der Waals surface area contributed by atoms with Crippen LogP contribution in [0.5, 0.6) is 0 Å². The smallest absolute Gasteiger partial charge is 0.341 e. The fraction of sp³-hybridized carbons (Fsp3) is 0. The summed E-state index contributed by atoms with van der Waals surface area (Å²) in [6, 6.07) is 0. The number of carboxylic acid groups (broad SMARTS) is 1. The molecule has 0 atom stereocenters. The van der Waals surface area contributed by atoms with E-state index >= 15 is 0 Å². The highest BCUT2D eigenvalue weighted by molar-refractivity contribution is 5.86. The Kier molecular flexibility index (Phi) is 1.75. The average molecular weight is 153 g/mol. The molecule has 7 heteroatoms. The molecule has 0 spiro atoms. The Bertz CT molecular complexity index is 306. The first-order valence-electron chi connectivity index (χ1n) is 2.57. The predicted molar refractivity (Wildman–Crippen MR) is 33.7 cm³/mol. The van der Waals surface area contributed by atoms with Crippen LogP contribution < -0.4 is 0 Å². The molecule has 0 saturated carbocycles. The second-order valence-corrected chi connectivity index (χ2v) is 1.63. The van der Waals surface area contributed by atoms with Gasteiger partial charge in [-0.2, -0.15) is 4.91 Å². The lowest BCUT2D eigenvalue weighted by atomic mass is 10.4. The van der Waals surface area contributed by atoms with Crippen molar-refractivity contribution in [2.45, 2.75) is 0 Å². The van der Waals surface area contributed by atoms with Crippen LogP contribution in [-0.4, -0.2) is 21.0 Å². The Hall–Kier alpha value is -2.01. The molecule has 56 valence electrons. The Morgan fingerprint density at radius 2 is 2.64 bits per heavy atom. The number of aromatic nitrogens is 2. The number of hydrogen-bond acceptors (Lipinski definition) is 3. The number of nitrogens with zero attached hydrogens (tertiary/aromatic N) is 5. The van der Waals surface area contributed by atoms with Gasteiger partial charge in [0, 0.05) is 5.22 Å². The number of rotatable bonds is 2. The summed E-state index contributed by atoms with van der Waals surface area (Å²) in [5.41, 5.74) is 7.90. The minimum atomic E-state index is -1.11. The summed E-state index contributed by atoms with van der Waals surface area (Å²) in [6.07, 6.45) is 2.21. The van der Waals surface area contributed by atoms with Crippen LogP contribution in [0, 0.1) is 0 Å². The van der Waals surface area contributed by atoms with Crippen molar-refractivity contribution >= 4 is 5.97 Å². The number of azide groups is 1. The predicted octanol–water partition coefficient (Wildman–Crippen LogP) is 0.655. The van der Waals surface area contributed by atoms with Crippen molar-refractivity contribution in [3.63, 3.8) is 0 Å². The van der Waals surface area contributed by atoms with Crippen LogP contribution in [-0.2, 0) is 0 Å². The van der Waals surface area contributed by atoms with Crippen molar-refractivity contribution in [1.82, 2.24) is 9.89 Å². The molecule has 0 radical (unpaired) electrons. The van der Waals surface area contributed by atoms with Crippen molar-refractivity contribution in [1.29, 1.82) is 0 Å². The van der Waals surface area contributed by atoms with Crippen LogP contribution in [0.25, 0.3) is 10.4 Å². The fourth-order valence-corrected chi connectivity index (χ4v) is 0.513. The Labute approximate surface area is 60.5 Å². The van der Waals surface area contributed by atoms with Crippen LogP contribution in [0.15, 0.2) is 17.6 Å². The first-order chi connectivity index (χ1) is 5.24.